The Hall–Kier alpha value is -1.55. The monoisotopic (exact) mass is 309 g/mol. The van der Waals surface area contributed by atoms with Crippen LogP contribution >= 0.6 is 7.60 Å². The van der Waals surface area contributed by atoms with E-state index in [1.165, 1.54) is 0 Å². The predicted molar refractivity (Wildman–Crippen MR) is 83.3 cm³/mol. The molecule has 0 aliphatic heterocycles. The van der Waals surface area contributed by atoms with Crippen molar-refractivity contribution in [2.45, 2.75) is 13.8 Å². The first kappa shape index (κ1) is 15.8. The van der Waals surface area contributed by atoms with Gasteiger partial charge in [-0.3, -0.25) is 4.57 Å². The topological polar surface area (TPSA) is 60.6 Å². The van der Waals surface area contributed by atoms with Gasteiger partial charge in [0, 0.05) is 6.07 Å². The molecule has 1 aromatic heterocycles. The van der Waals surface area contributed by atoms with E-state index in [0.717, 1.165) is 5.56 Å². The summed E-state index contributed by atoms with van der Waals surface area (Å²) in [5, 5.41) is 0.495. The van der Waals surface area contributed by atoms with Gasteiger partial charge in [0.2, 0.25) is 0 Å². The first-order valence-corrected chi connectivity index (χ1v) is 8.41. The maximum Gasteiger partial charge on any atom is 0.363 e. The number of benzene rings is 1. The van der Waals surface area contributed by atoms with Gasteiger partial charge < -0.3 is 18.8 Å². The van der Waals surface area contributed by atoms with Crippen LogP contribution in [-0.4, -0.2) is 25.3 Å². The SMILES string of the molecule is CCOP(=O)(OCC)c1cc(OC)[nH]c1-c1ccccc1. The lowest BCUT2D eigenvalue weighted by molar-refractivity contribution is 0.230. The number of nitrogens with one attached hydrogen (secondary N) is 1. The molecule has 21 heavy (non-hydrogen) atoms. The molecule has 1 heterocycles. The maximum atomic E-state index is 13.0. The minimum absolute atomic E-state index is 0.305. The molecular weight excluding hydrogens is 289 g/mol. The third kappa shape index (κ3) is 3.38. The van der Waals surface area contributed by atoms with E-state index in [1.54, 1.807) is 27.0 Å². The summed E-state index contributed by atoms with van der Waals surface area (Å²) >= 11 is 0. The average Bonchev–Trinajstić information content (AvgIpc) is 2.94. The molecule has 0 aliphatic carbocycles. The van der Waals surface area contributed by atoms with Crippen LogP contribution in [0.4, 0.5) is 0 Å². The average molecular weight is 309 g/mol. The van der Waals surface area contributed by atoms with Crippen LogP contribution in [0.25, 0.3) is 11.3 Å². The summed E-state index contributed by atoms with van der Waals surface area (Å²) in [7, 11) is -1.83. The van der Waals surface area contributed by atoms with E-state index >= 15 is 0 Å². The summed E-state index contributed by atoms with van der Waals surface area (Å²) in [4.78, 5) is 3.12. The molecule has 2 aromatic rings. The highest BCUT2D eigenvalue weighted by molar-refractivity contribution is 7.62. The fraction of sp³-hybridized carbons (Fsp3) is 0.333. The molecule has 0 fully saturated rings. The molecule has 1 N–H and O–H groups in total. The lowest BCUT2D eigenvalue weighted by Gasteiger charge is -2.17. The fourth-order valence-electron chi connectivity index (χ4n) is 2.09. The van der Waals surface area contributed by atoms with Crippen molar-refractivity contribution in [3.8, 4) is 17.1 Å². The molecule has 0 amide bonds. The molecule has 1 aromatic carbocycles. The predicted octanol–water partition coefficient (Wildman–Crippen LogP) is 3.58. The largest absolute Gasteiger partial charge is 0.482 e. The lowest BCUT2D eigenvalue weighted by atomic mass is 10.2. The molecule has 0 bridgehead atoms. The Morgan fingerprint density at radius 2 is 1.71 bits per heavy atom. The van der Waals surface area contributed by atoms with E-state index < -0.39 is 7.60 Å². The Labute approximate surface area is 124 Å². The zero-order valence-electron chi connectivity index (χ0n) is 12.5. The number of methoxy groups -OCH3 is 1. The van der Waals surface area contributed by atoms with E-state index in [0.29, 0.717) is 30.1 Å². The van der Waals surface area contributed by atoms with Crippen molar-refractivity contribution in [1.29, 1.82) is 0 Å². The number of H-pyrrole nitrogens is 1. The van der Waals surface area contributed by atoms with Crippen LogP contribution in [0.1, 0.15) is 13.8 Å². The Bertz CT molecular complexity index is 614. The lowest BCUT2D eigenvalue weighted by Crippen LogP contribution is -2.11. The van der Waals surface area contributed by atoms with Crippen LogP contribution in [0.3, 0.4) is 0 Å². The summed E-state index contributed by atoms with van der Waals surface area (Å²) in [6.07, 6.45) is 0. The van der Waals surface area contributed by atoms with Crippen molar-refractivity contribution in [1.82, 2.24) is 4.98 Å². The van der Waals surface area contributed by atoms with Crippen LogP contribution in [0.5, 0.6) is 5.88 Å². The molecular formula is C15H20NO4P. The van der Waals surface area contributed by atoms with Gasteiger partial charge in [-0.15, -0.1) is 0 Å². The summed E-state index contributed by atoms with van der Waals surface area (Å²) in [6, 6.07) is 11.3. The molecule has 0 radical (unpaired) electrons. The van der Waals surface area contributed by atoms with Gasteiger partial charge in [0.15, 0.2) is 5.88 Å². The Morgan fingerprint density at radius 3 is 2.24 bits per heavy atom. The fourth-order valence-corrected chi connectivity index (χ4v) is 3.85. The molecule has 0 spiro atoms. The second-order valence-electron chi connectivity index (χ2n) is 4.30. The smallest absolute Gasteiger partial charge is 0.363 e. The Morgan fingerprint density at radius 1 is 1.10 bits per heavy atom. The highest BCUT2D eigenvalue weighted by Gasteiger charge is 2.32. The maximum absolute atomic E-state index is 13.0. The van der Waals surface area contributed by atoms with Crippen LogP contribution in [0, 0.1) is 0 Å². The van der Waals surface area contributed by atoms with Crippen LogP contribution < -0.4 is 10.0 Å². The van der Waals surface area contributed by atoms with Gasteiger partial charge in [-0.05, 0) is 19.4 Å². The molecule has 114 valence electrons. The zero-order chi connectivity index (χ0) is 15.3. The summed E-state index contributed by atoms with van der Waals surface area (Å²) in [6.45, 7) is 4.19. The van der Waals surface area contributed by atoms with Crippen LogP contribution in [0.2, 0.25) is 0 Å². The van der Waals surface area contributed by atoms with Crippen molar-refractivity contribution in [3.05, 3.63) is 36.4 Å². The molecule has 6 heteroatoms. The molecule has 0 saturated heterocycles. The third-order valence-electron chi connectivity index (χ3n) is 2.95. The van der Waals surface area contributed by atoms with Gasteiger partial charge in [-0.1, -0.05) is 30.3 Å². The quantitative estimate of drug-likeness (QED) is 0.794. The van der Waals surface area contributed by atoms with Gasteiger partial charge in [0.25, 0.3) is 0 Å². The van der Waals surface area contributed by atoms with E-state index in [-0.39, 0.29) is 0 Å². The first-order valence-electron chi connectivity index (χ1n) is 6.86. The van der Waals surface area contributed by atoms with Gasteiger partial charge >= 0.3 is 7.60 Å². The number of rotatable bonds is 7. The number of ether oxygens (including phenoxy) is 1. The third-order valence-corrected chi connectivity index (χ3v) is 5.09. The molecule has 0 saturated carbocycles. The van der Waals surface area contributed by atoms with Crippen LogP contribution in [0.15, 0.2) is 36.4 Å². The van der Waals surface area contributed by atoms with Crippen molar-refractivity contribution >= 4 is 12.9 Å². The molecule has 0 atom stereocenters. The summed E-state index contributed by atoms with van der Waals surface area (Å²) in [5.74, 6) is 0.517. The minimum atomic E-state index is -3.38. The zero-order valence-corrected chi connectivity index (χ0v) is 13.4. The van der Waals surface area contributed by atoms with Gasteiger partial charge in [-0.25, -0.2) is 0 Å². The number of hydrogen-bond acceptors (Lipinski definition) is 4. The van der Waals surface area contributed by atoms with E-state index in [9.17, 15) is 4.57 Å². The van der Waals surface area contributed by atoms with Gasteiger partial charge in [-0.2, -0.15) is 0 Å². The second-order valence-corrected chi connectivity index (χ2v) is 6.29. The Kier molecular flexibility index (Phi) is 5.23. The van der Waals surface area contributed by atoms with Gasteiger partial charge in [0.1, 0.15) is 0 Å². The molecule has 5 nitrogen and oxygen atoms in total. The molecule has 0 aliphatic rings. The first-order chi connectivity index (χ1) is 10.1. The second kappa shape index (κ2) is 6.94. The Balaban J connectivity index is 2.56. The van der Waals surface area contributed by atoms with E-state index in [2.05, 4.69) is 4.98 Å². The number of hydrogen-bond donors (Lipinski definition) is 1. The normalized spacial score (nSPS) is 11.6. The molecule has 0 unspecified atom stereocenters. The van der Waals surface area contributed by atoms with Crippen molar-refractivity contribution in [2.24, 2.45) is 0 Å². The van der Waals surface area contributed by atoms with E-state index in [1.807, 2.05) is 30.3 Å². The number of aromatic nitrogens is 1. The minimum Gasteiger partial charge on any atom is -0.482 e. The summed E-state index contributed by atoms with van der Waals surface area (Å²) < 4.78 is 29.1. The van der Waals surface area contributed by atoms with Crippen molar-refractivity contribution < 1.29 is 18.3 Å². The van der Waals surface area contributed by atoms with Crippen molar-refractivity contribution in [2.75, 3.05) is 20.3 Å². The van der Waals surface area contributed by atoms with Gasteiger partial charge in [0.05, 0.1) is 31.3 Å². The standard InChI is InChI=1S/C15H20NO4P/c1-4-19-21(17,20-5-2)13-11-14(18-3)16-15(13)12-9-7-6-8-10-12/h6-11,16H,4-5H2,1-3H3. The number of aromatic amines is 1. The molecule has 2 rings (SSSR count). The van der Waals surface area contributed by atoms with E-state index in [4.69, 9.17) is 13.8 Å². The highest BCUT2D eigenvalue weighted by Crippen LogP contribution is 2.49. The highest BCUT2D eigenvalue weighted by atomic mass is 31.2. The summed E-state index contributed by atoms with van der Waals surface area (Å²) in [5.41, 5.74) is 1.59. The van der Waals surface area contributed by atoms with Crippen molar-refractivity contribution in [3.63, 3.8) is 0 Å². The van der Waals surface area contributed by atoms with Crippen LogP contribution in [-0.2, 0) is 13.6 Å².